The minimum Gasteiger partial charge on any atom is -0.406 e. The smallest absolute Gasteiger partial charge is 0.406 e. The van der Waals surface area contributed by atoms with E-state index in [0.29, 0.717) is 24.1 Å². The van der Waals surface area contributed by atoms with E-state index in [1.165, 1.54) is 16.4 Å². The summed E-state index contributed by atoms with van der Waals surface area (Å²) in [6.45, 7) is 0.390. The zero-order chi connectivity index (χ0) is 23.4. The zero-order valence-corrected chi connectivity index (χ0v) is 17.3. The molecule has 0 bridgehead atoms. The number of alkyl halides is 3. The molecule has 0 atom stereocenters. The largest absolute Gasteiger partial charge is 0.573 e. The van der Waals surface area contributed by atoms with Crippen LogP contribution in [0.4, 0.5) is 18.9 Å². The second kappa shape index (κ2) is 9.53. The molecule has 1 heterocycles. The van der Waals surface area contributed by atoms with Gasteiger partial charge in [0.1, 0.15) is 12.4 Å². The molecule has 2 aromatic carbocycles. The Labute approximate surface area is 181 Å². The second-order valence-electron chi connectivity index (χ2n) is 6.78. The van der Waals surface area contributed by atoms with Crippen LogP contribution in [-0.4, -0.2) is 42.8 Å². The molecule has 0 amide bonds. The highest BCUT2D eigenvalue weighted by Crippen LogP contribution is 2.26. The molecule has 0 saturated carbocycles. The van der Waals surface area contributed by atoms with Gasteiger partial charge in [0.25, 0.3) is 5.69 Å². The van der Waals surface area contributed by atoms with Crippen LogP contribution in [0, 0.1) is 10.1 Å². The van der Waals surface area contributed by atoms with E-state index < -0.39 is 27.1 Å². The highest BCUT2D eigenvalue weighted by atomic mass is 32.2. The fourth-order valence-corrected chi connectivity index (χ4v) is 4.39. The van der Waals surface area contributed by atoms with Crippen LogP contribution < -0.4 is 4.74 Å². The van der Waals surface area contributed by atoms with Crippen molar-refractivity contribution in [2.24, 2.45) is 5.16 Å². The van der Waals surface area contributed by atoms with Crippen LogP contribution in [-0.2, 0) is 21.5 Å². The molecule has 0 spiro atoms. The van der Waals surface area contributed by atoms with Gasteiger partial charge in [-0.25, -0.2) is 8.42 Å². The molecule has 0 aromatic heterocycles. The Balaban J connectivity index is 1.53. The molecule has 1 aliphatic rings. The van der Waals surface area contributed by atoms with Crippen molar-refractivity contribution in [2.45, 2.75) is 30.7 Å². The molecule has 13 heteroatoms. The van der Waals surface area contributed by atoms with E-state index in [2.05, 4.69) is 9.89 Å². The van der Waals surface area contributed by atoms with Gasteiger partial charge in [0.2, 0.25) is 10.0 Å². The van der Waals surface area contributed by atoms with Gasteiger partial charge in [-0.2, -0.15) is 4.31 Å². The van der Waals surface area contributed by atoms with Crippen molar-refractivity contribution in [1.29, 1.82) is 0 Å². The molecule has 1 saturated heterocycles. The third kappa shape index (κ3) is 6.17. The summed E-state index contributed by atoms with van der Waals surface area (Å²) >= 11 is 0. The van der Waals surface area contributed by atoms with Crippen molar-refractivity contribution in [3.63, 3.8) is 0 Å². The first-order valence-electron chi connectivity index (χ1n) is 9.31. The van der Waals surface area contributed by atoms with E-state index >= 15 is 0 Å². The topological polar surface area (TPSA) is 111 Å². The second-order valence-corrected chi connectivity index (χ2v) is 8.72. The molecule has 0 N–H and O–H groups in total. The number of halogens is 3. The van der Waals surface area contributed by atoms with Gasteiger partial charge in [0, 0.05) is 38.1 Å². The molecule has 1 aliphatic heterocycles. The fourth-order valence-electron chi connectivity index (χ4n) is 2.95. The third-order valence-corrected chi connectivity index (χ3v) is 6.48. The first kappa shape index (κ1) is 23.5. The van der Waals surface area contributed by atoms with Crippen molar-refractivity contribution < 1.29 is 36.1 Å². The van der Waals surface area contributed by atoms with Gasteiger partial charge in [-0.15, -0.1) is 13.2 Å². The molecule has 0 unspecified atom stereocenters. The molecule has 3 rings (SSSR count). The van der Waals surface area contributed by atoms with Gasteiger partial charge in [0.15, 0.2) is 0 Å². The average molecular weight is 473 g/mol. The number of nitro benzene ring substituents is 1. The maximum Gasteiger partial charge on any atom is 0.573 e. The molecule has 0 radical (unpaired) electrons. The van der Waals surface area contributed by atoms with E-state index in [-0.39, 0.29) is 30.3 Å². The quantitative estimate of drug-likeness (QED) is 0.446. The molecule has 2 aromatic rings. The van der Waals surface area contributed by atoms with Crippen molar-refractivity contribution in [1.82, 2.24) is 4.31 Å². The summed E-state index contributed by atoms with van der Waals surface area (Å²) < 4.78 is 67.1. The van der Waals surface area contributed by atoms with E-state index in [1.54, 1.807) is 12.1 Å². The average Bonchev–Trinajstić information content (AvgIpc) is 2.74. The molecule has 172 valence electrons. The molecule has 9 nitrogen and oxygen atoms in total. The Morgan fingerprint density at radius 3 is 2.16 bits per heavy atom. The monoisotopic (exact) mass is 473 g/mol. The Morgan fingerprint density at radius 1 is 1.03 bits per heavy atom. The lowest BCUT2D eigenvalue weighted by Gasteiger charge is -2.26. The number of non-ortho nitro benzene ring substituents is 1. The maximum absolute atomic E-state index is 12.7. The van der Waals surface area contributed by atoms with Crippen LogP contribution in [0.15, 0.2) is 58.6 Å². The summed E-state index contributed by atoms with van der Waals surface area (Å²) in [6, 6.07) is 9.85. The van der Waals surface area contributed by atoms with E-state index in [4.69, 9.17) is 4.84 Å². The molecule has 0 aliphatic carbocycles. The van der Waals surface area contributed by atoms with Gasteiger partial charge in [-0.3, -0.25) is 10.1 Å². The maximum atomic E-state index is 12.7. The summed E-state index contributed by atoms with van der Waals surface area (Å²) in [5.41, 5.74) is 1.32. The number of sulfonamides is 1. The summed E-state index contributed by atoms with van der Waals surface area (Å²) in [7, 11) is -3.87. The Bertz CT molecular complexity index is 1080. The van der Waals surface area contributed by atoms with Gasteiger partial charge in [-0.05, 0) is 42.0 Å². The fraction of sp³-hybridized carbons (Fsp3) is 0.316. The van der Waals surface area contributed by atoms with Crippen molar-refractivity contribution in [3.8, 4) is 5.75 Å². The van der Waals surface area contributed by atoms with Gasteiger partial charge < -0.3 is 9.57 Å². The number of piperidine rings is 1. The predicted octanol–water partition coefficient (Wildman–Crippen LogP) is 3.85. The number of oxime groups is 1. The molecular weight excluding hydrogens is 455 g/mol. The zero-order valence-electron chi connectivity index (χ0n) is 16.5. The standard InChI is InChI=1S/C19H18F3N3O6S/c20-19(21,22)31-17-5-7-18(8-6-17)32(28,29)24-11-9-15(10-12-24)23-30-13-14-1-3-16(4-2-14)25(26)27/h1-8H,9-13H2. The molecule has 32 heavy (non-hydrogen) atoms. The highest BCUT2D eigenvalue weighted by molar-refractivity contribution is 7.89. The molecular formula is C19H18F3N3O6S. The summed E-state index contributed by atoms with van der Waals surface area (Å²) in [4.78, 5) is 15.3. The normalized spacial score (nSPS) is 15.3. The number of nitro groups is 1. The van der Waals surface area contributed by atoms with Crippen LogP contribution in [0.1, 0.15) is 18.4 Å². The SMILES string of the molecule is O=[N+]([O-])c1ccc(CON=C2CCN(S(=O)(=O)c3ccc(OC(F)(F)F)cc3)CC2)cc1. The minimum absolute atomic E-state index is 0.0313. The lowest BCUT2D eigenvalue weighted by molar-refractivity contribution is -0.384. The van der Waals surface area contributed by atoms with Gasteiger partial charge in [0.05, 0.1) is 15.5 Å². The van der Waals surface area contributed by atoms with E-state index in [0.717, 1.165) is 24.3 Å². The van der Waals surface area contributed by atoms with Crippen molar-refractivity contribution in [3.05, 3.63) is 64.2 Å². The van der Waals surface area contributed by atoms with Gasteiger partial charge in [-0.1, -0.05) is 5.16 Å². The summed E-state index contributed by atoms with van der Waals surface area (Å²) in [6.07, 6.45) is -4.20. The van der Waals surface area contributed by atoms with Crippen LogP contribution in [0.2, 0.25) is 0 Å². The summed E-state index contributed by atoms with van der Waals surface area (Å²) in [5, 5.41) is 14.7. The van der Waals surface area contributed by atoms with Crippen molar-refractivity contribution in [2.75, 3.05) is 13.1 Å². The number of nitrogens with zero attached hydrogens (tertiary/aromatic N) is 3. The Hall–Kier alpha value is -3.19. The summed E-state index contributed by atoms with van der Waals surface area (Å²) in [5.74, 6) is -0.505. The van der Waals surface area contributed by atoms with E-state index in [9.17, 15) is 31.7 Å². The first-order valence-corrected chi connectivity index (χ1v) is 10.8. The van der Waals surface area contributed by atoms with Crippen LogP contribution in [0.5, 0.6) is 5.75 Å². The highest BCUT2D eigenvalue weighted by Gasteiger charge is 2.32. The lowest BCUT2D eigenvalue weighted by atomic mass is 10.1. The van der Waals surface area contributed by atoms with Crippen molar-refractivity contribution >= 4 is 21.4 Å². The number of benzene rings is 2. The third-order valence-electron chi connectivity index (χ3n) is 4.57. The number of hydrogen-bond donors (Lipinski definition) is 0. The van der Waals surface area contributed by atoms with Crippen LogP contribution in [0.3, 0.4) is 0 Å². The van der Waals surface area contributed by atoms with Crippen LogP contribution >= 0.6 is 0 Å². The molecule has 1 fully saturated rings. The van der Waals surface area contributed by atoms with Crippen LogP contribution in [0.25, 0.3) is 0 Å². The lowest BCUT2D eigenvalue weighted by Crippen LogP contribution is -2.38. The first-order chi connectivity index (χ1) is 15.0. The Kier molecular flexibility index (Phi) is 6.99. The number of ether oxygens (including phenoxy) is 1. The van der Waals surface area contributed by atoms with Gasteiger partial charge >= 0.3 is 6.36 Å². The number of hydrogen-bond acceptors (Lipinski definition) is 7. The van der Waals surface area contributed by atoms with E-state index in [1.807, 2.05) is 0 Å². The minimum atomic E-state index is -4.86. The number of rotatable bonds is 7. The Morgan fingerprint density at radius 2 is 1.62 bits per heavy atom. The predicted molar refractivity (Wildman–Crippen MR) is 106 cm³/mol.